The van der Waals surface area contributed by atoms with Crippen LogP contribution in [0.4, 0.5) is 0 Å². The molecule has 1 unspecified atom stereocenters. The Hall–Kier alpha value is -2.73. The molecule has 1 fully saturated rings. The predicted octanol–water partition coefficient (Wildman–Crippen LogP) is 3.69. The van der Waals surface area contributed by atoms with E-state index in [4.69, 9.17) is 0 Å². The third-order valence-electron chi connectivity index (χ3n) is 6.66. The van der Waals surface area contributed by atoms with Crippen molar-refractivity contribution in [3.63, 3.8) is 0 Å². The smallest absolute Gasteiger partial charge is 0.261 e. The van der Waals surface area contributed by atoms with Gasteiger partial charge in [0, 0.05) is 37.3 Å². The number of carbonyl (C=O) groups is 2. The molecule has 1 aromatic heterocycles. The van der Waals surface area contributed by atoms with Crippen molar-refractivity contribution in [3.8, 4) is 0 Å². The van der Waals surface area contributed by atoms with Crippen molar-refractivity contribution in [1.82, 2.24) is 15.2 Å². The van der Waals surface area contributed by atoms with Gasteiger partial charge < -0.3 is 10.3 Å². The SMILES string of the molecule is CC1CCCN(Cc2ccccc2CNC(=O)c2cc3c([nH]c2=O)CC(C)(C)CC3=O)C1. The number of piperidine rings is 1. The van der Waals surface area contributed by atoms with Gasteiger partial charge in [-0.25, -0.2) is 0 Å². The van der Waals surface area contributed by atoms with Crippen molar-refractivity contribution in [3.05, 3.63) is 68.6 Å². The minimum atomic E-state index is -0.451. The first-order valence-electron chi connectivity index (χ1n) is 11.6. The first-order valence-corrected chi connectivity index (χ1v) is 11.6. The lowest BCUT2D eigenvalue weighted by Crippen LogP contribution is -2.35. The highest BCUT2D eigenvalue weighted by Gasteiger charge is 2.32. The summed E-state index contributed by atoms with van der Waals surface area (Å²) in [5.74, 6) is 0.232. The van der Waals surface area contributed by atoms with E-state index in [2.05, 4.69) is 28.2 Å². The molecule has 0 bridgehead atoms. The molecule has 2 N–H and O–H groups in total. The topological polar surface area (TPSA) is 82.3 Å². The summed E-state index contributed by atoms with van der Waals surface area (Å²) in [4.78, 5) is 43.3. The number of nitrogens with one attached hydrogen (secondary N) is 2. The average molecular weight is 436 g/mol. The number of aromatic nitrogens is 1. The summed E-state index contributed by atoms with van der Waals surface area (Å²) in [6.07, 6.45) is 3.53. The number of hydrogen-bond acceptors (Lipinski definition) is 4. The summed E-state index contributed by atoms with van der Waals surface area (Å²) < 4.78 is 0. The summed E-state index contributed by atoms with van der Waals surface area (Å²) in [6.45, 7) is 9.70. The van der Waals surface area contributed by atoms with Gasteiger partial charge in [0.1, 0.15) is 5.56 Å². The second-order valence-corrected chi connectivity index (χ2v) is 10.3. The molecule has 2 aromatic rings. The minimum absolute atomic E-state index is 0.000794. The zero-order chi connectivity index (χ0) is 22.9. The summed E-state index contributed by atoms with van der Waals surface area (Å²) in [7, 11) is 0. The van der Waals surface area contributed by atoms with Crippen LogP contribution in [0.3, 0.4) is 0 Å². The fourth-order valence-corrected chi connectivity index (χ4v) is 5.02. The van der Waals surface area contributed by atoms with Crippen molar-refractivity contribution in [2.75, 3.05) is 13.1 Å². The van der Waals surface area contributed by atoms with Gasteiger partial charge in [0.25, 0.3) is 11.5 Å². The number of amides is 1. The Labute approximate surface area is 189 Å². The molecule has 0 saturated carbocycles. The number of benzene rings is 1. The highest BCUT2D eigenvalue weighted by molar-refractivity contribution is 6.02. The molecule has 4 rings (SSSR count). The van der Waals surface area contributed by atoms with E-state index in [-0.39, 0.29) is 16.8 Å². The second kappa shape index (κ2) is 9.02. The van der Waals surface area contributed by atoms with E-state index in [1.807, 2.05) is 32.0 Å². The molecule has 2 aliphatic rings. The van der Waals surface area contributed by atoms with Gasteiger partial charge in [0.15, 0.2) is 5.78 Å². The van der Waals surface area contributed by atoms with Crippen LogP contribution in [-0.4, -0.2) is 34.7 Å². The molecule has 1 aliphatic heterocycles. The predicted molar refractivity (Wildman–Crippen MR) is 125 cm³/mol. The maximum Gasteiger partial charge on any atom is 0.261 e. The second-order valence-electron chi connectivity index (χ2n) is 10.3. The Morgan fingerprint density at radius 3 is 2.69 bits per heavy atom. The van der Waals surface area contributed by atoms with Crippen molar-refractivity contribution >= 4 is 11.7 Å². The van der Waals surface area contributed by atoms with Crippen molar-refractivity contribution < 1.29 is 9.59 Å². The summed E-state index contributed by atoms with van der Waals surface area (Å²) in [5, 5.41) is 2.89. The number of carbonyl (C=O) groups excluding carboxylic acids is 2. The van der Waals surface area contributed by atoms with E-state index in [0.717, 1.165) is 25.2 Å². The van der Waals surface area contributed by atoms with E-state index in [1.54, 1.807) is 0 Å². The van der Waals surface area contributed by atoms with Gasteiger partial charge >= 0.3 is 0 Å². The van der Waals surface area contributed by atoms with Crippen LogP contribution >= 0.6 is 0 Å². The Morgan fingerprint density at radius 2 is 1.94 bits per heavy atom. The van der Waals surface area contributed by atoms with Crippen molar-refractivity contribution in [2.24, 2.45) is 11.3 Å². The van der Waals surface area contributed by atoms with Gasteiger partial charge in [-0.2, -0.15) is 0 Å². The van der Waals surface area contributed by atoms with Gasteiger partial charge in [0.2, 0.25) is 0 Å². The van der Waals surface area contributed by atoms with Crippen molar-refractivity contribution in [1.29, 1.82) is 0 Å². The lowest BCUT2D eigenvalue weighted by molar-refractivity contribution is 0.0910. The van der Waals surface area contributed by atoms with Crippen LogP contribution in [0.5, 0.6) is 0 Å². The molecule has 6 nitrogen and oxygen atoms in total. The van der Waals surface area contributed by atoms with E-state index >= 15 is 0 Å². The lowest BCUT2D eigenvalue weighted by atomic mass is 9.75. The van der Waals surface area contributed by atoms with Gasteiger partial charge in [-0.3, -0.25) is 19.3 Å². The average Bonchev–Trinajstić information content (AvgIpc) is 2.71. The highest BCUT2D eigenvalue weighted by Crippen LogP contribution is 2.33. The van der Waals surface area contributed by atoms with E-state index < -0.39 is 11.5 Å². The third-order valence-corrected chi connectivity index (χ3v) is 6.66. The van der Waals surface area contributed by atoms with Gasteiger partial charge in [-0.1, -0.05) is 45.0 Å². The molecule has 1 amide bonds. The molecule has 32 heavy (non-hydrogen) atoms. The molecule has 1 aliphatic carbocycles. The largest absolute Gasteiger partial charge is 0.348 e. The number of H-pyrrole nitrogens is 1. The highest BCUT2D eigenvalue weighted by atomic mass is 16.2. The molecule has 1 aromatic carbocycles. The summed E-state index contributed by atoms with van der Waals surface area (Å²) in [5.41, 5.74) is 2.71. The fraction of sp³-hybridized carbons (Fsp3) is 0.500. The molecule has 170 valence electrons. The van der Waals surface area contributed by atoms with Crippen LogP contribution in [0.15, 0.2) is 35.1 Å². The number of ketones is 1. The fourth-order valence-electron chi connectivity index (χ4n) is 5.02. The maximum atomic E-state index is 12.9. The number of pyridine rings is 1. The lowest BCUT2D eigenvalue weighted by Gasteiger charge is -2.31. The van der Waals surface area contributed by atoms with Crippen molar-refractivity contribution in [2.45, 2.75) is 59.5 Å². The number of likely N-dealkylation sites (tertiary alicyclic amines) is 1. The first kappa shape index (κ1) is 22.5. The molecule has 0 spiro atoms. The monoisotopic (exact) mass is 435 g/mol. The van der Waals surface area contributed by atoms with Crippen LogP contribution < -0.4 is 10.9 Å². The Morgan fingerprint density at radius 1 is 1.19 bits per heavy atom. The van der Waals surface area contributed by atoms with Gasteiger partial charge in [-0.05, 0) is 54.3 Å². The van der Waals surface area contributed by atoms with Gasteiger partial charge in [-0.15, -0.1) is 0 Å². The van der Waals surface area contributed by atoms with Crippen LogP contribution in [0.1, 0.15) is 77.6 Å². The maximum absolute atomic E-state index is 12.9. The number of aromatic amines is 1. The normalized spacial score (nSPS) is 20.6. The standard InChI is InChI=1S/C26H33N3O3/c1-17-7-6-10-29(15-17)16-19-9-5-4-8-18(19)14-27-24(31)21-11-20-22(28-25(21)32)12-26(2,3)13-23(20)30/h4-5,8-9,11,17H,6-7,10,12-16H2,1-3H3,(H,27,31)(H,28,32). The Balaban J connectivity index is 1.48. The Kier molecular flexibility index (Phi) is 6.33. The minimum Gasteiger partial charge on any atom is -0.348 e. The van der Waals surface area contributed by atoms with Gasteiger partial charge in [0.05, 0.1) is 0 Å². The van der Waals surface area contributed by atoms with Crippen LogP contribution in [-0.2, 0) is 19.5 Å². The molecule has 0 radical (unpaired) electrons. The summed E-state index contributed by atoms with van der Waals surface area (Å²) >= 11 is 0. The van der Waals surface area contributed by atoms with Crippen LogP contribution in [0.25, 0.3) is 0 Å². The number of rotatable bonds is 5. The number of hydrogen-bond donors (Lipinski definition) is 2. The number of fused-ring (bicyclic) bond motifs is 1. The van der Waals surface area contributed by atoms with E-state index in [1.165, 1.54) is 24.5 Å². The zero-order valence-corrected chi connectivity index (χ0v) is 19.3. The van der Waals surface area contributed by atoms with E-state index in [0.29, 0.717) is 36.6 Å². The van der Waals surface area contributed by atoms with Crippen LogP contribution in [0.2, 0.25) is 0 Å². The molecule has 6 heteroatoms. The zero-order valence-electron chi connectivity index (χ0n) is 19.3. The quantitative estimate of drug-likeness (QED) is 0.750. The first-order chi connectivity index (χ1) is 15.2. The molecule has 1 atom stereocenters. The van der Waals surface area contributed by atoms with Crippen LogP contribution in [0, 0.1) is 11.3 Å². The molecule has 2 heterocycles. The number of Topliss-reactive ketones (excluding diaryl/α,β-unsaturated/α-hetero) is 1. The molecular formula is C26H33N3O3. The third kappa shape index (κ3) is 5.01. The molecule has 1 saturated heterocycles. The Bertz CT molecular complexity index is 1090. The number of nitrogens with zero attached hydrogens (tertiary/aromatic N) is 1. The van der Waals surface area contributed by atoms with E-state index in [9.17, 15) is 14.4 Å². The summed E-state index contributed by atoms with van der Waals surface area (Å²) in [6, 6.07) is 9.59. The molecular weight excluding hydrogens is 402 g/mol.